The molecule has 0 amide bonds. The molecule has 3 aliphatic heterocycles. The van der Waals surface area contributed by atoms with E-state index in [4.69, 9.17) is 37.6 Å². The van der Waals surface area contributed by atoms with E-state index in [0.29, 0.717) is 5.56 Å². The van der Waals surface area contributed by atoms with Crippen LogP contribution in [0, 0.1) is 0 Å². The minimum Gasteiger partial charge on any atom is -0.508 e. The van der Waals surface area contributed by atoms with Crippen molar-refractivity contribution in [1.82, 2.24) is 0 Å². The molecule has 15 atom stereocenters. The maximum atomic E-state index is 14.1. The quantitative estimate of drug-likeness (QED) is 0.0406. The number of ether oxygens (including phenoxy) is 7. The molecule has 3 aliphatic rings. The molecule has 13 N–H and O–H groups in total. The molecule has 1 aromatic heterocycles. The first kappa shape index (κ1) is 47.3. The molecular weight excluding hydrogens is 872 g/mol. The summed E-state index contributed by atoms with van der Waals surface area (Å²) in [5.41, 5.74) is -1.01. The van der Waals surface area contributed by atoms with Crippen molar-refractivity contribution in [2.45, 2.75) is 99.0 Å². The number of hydrogen-bond donors (Lipinski definition) is 13. The van der Waals surface area contributed by atoms with Crippen molar-refractivity contribution in [3.63, 3.8) is 0 Å². The van der Waals surface area contributed by atoms with E-state index in [1.54, 1.807) is 0 Å². The number of hydrogen-bond acceptors (Lipinski definition) is 23. The number of carbonyl (C=O) groups is 1. The number of carbonyl (C=O) groups excluding carboxylic acids is 1. The lowest BCUT2D eigenvalue weighted by molar-refractivity contribution is -0.355. The van der Waals surface area contributed by atoms with Gasteiger partial charge >= 0.3 is 5.97 Å². The van der Waals surface area contributed by atoms with E-state index in [9.17, 15) is 76.0 Å². The monoisotopic (exact) mass is 918 g/mol. The molecule has 0 saturated carbocycles. The van der Waals surface area contributed by atoms with Gasteiger partial charge in [0, 0.05) is 23.8 Å². The summed E-state index contributed by atoms with van der Waals surface area (Å²) in [7, 11) is 0. The molecule has 23 nitrogen and oxygen atoms in total. The smallest absolute Gasteiger partial charge is 0.330 e. The molecule has 65 heavy (non-hydrogen) atoms. The predicted octanol–water partition coefficient (Wildman–Crippen LogP) is -2.24. The summed E-state index contributed by atoms with van der Waals surface area (Å²) in [4.78, 5) is 26.6. The highest BCUT2D eigenvalue weighted by atomic mass is 16.8. The van der Waals surface area contributed by atoms with Gasteiger partial charge in [-0.25, -0.2) is 4.79 Å². The van der Waals surface area contributed by atoms with Crippen LogP contribution >= 0.6 is 0 Å². The van der Waals surface area contributed by atoms with Gasteiger partial charge in [0.25, 0.3) is 0 Å². The standard InChI is InChI=1S/C42H46O23/c1-15-28(49)34(55)39(65-41-36(57)33(54)30(51)25(63-41)14-58-26(48)9-3-16-2-8-20(45)21(46)10-16)42(59-15)60-19-11-22(47)27-23(12-19)61-37(17-4-6-18(44)7-5-17)38(31(27)52)64-40-35(56)32(53)29(50)24(13-43)62-40/h2-12,15,24-25,28-30,32-36,39-47,49-51,53-57H,13-14H2,1H3. The minimum atomic E-state index is -2.01. The summed E-state index contributed by atoms with van der Waals surface area (Å²) in [6.07, 6.45) is -24.2. The molecule has 0 radical (unpaired) electrons. The van der Waals surface area contributed by atoms with E-state index in [1.807, 2.05) is 0 Å². The van der Waals surface area contributed by atoms with Crippen molar-refractivity contribution in [2.24, 2.45) is 0 Å². The number of aliphatic hydroxyl groups is 9. The largest absolute Gasteiger partial charge is 0.508 e. The van der Waals surface area contributed by atoms with Crippen LogP contribution in [0.25, 0.3) is 28.4 Å². The highest BCUT2D eigenvalue weighted by Crippen LogP contribution is 2.39. The van der Waals surface area contributed by atoms with Crippen LogP contribution in [0.4, 0.5) is 0 Å². The van der Waals surface area contributed by atoms with Crippen LogP contribution in [0.15, 0.2) is 69.9 Å². The highest BCUT2D eigenvalue weighted by molar-refractivity contribution is 5.88. The second-order valence-corrected chi connectivity index (χ2v) is 15.4. The van der Waals surface area contributed by atoms with E-state index in [2.05, 4.69) is 0 Å². The summed E-state index contributed by atoms with van der Waals surface area (Å²) in [5.74, 6) is -4.11. The van der Waals surface area contributed by atoms with Crippen molar-refractivity contribution in [1.29, 1.82) is 0 Å². The number of rotatable bonds is 12. The molecule has 0 aliphatic carbocycles. The first-order valence-corrected chi connectivity index (χ1v) is 19.9. The zero-order valence-electron chi connectivity index (χ0n) is 33.8. The van der Waals surface area contributed by atoms with Gasteiger partial charge < -0.3 is 104 Å². The summed E-state index contributed by atoms with van der Waals surface area (Å²) >= 11 is 0. The third-order valence-corrected chi connectivity index (χ3v) is 10.9. The molecule has 4 heterocycles. The average Bonchev–Trinajstić information content (AvgIpc) is 3.27. The Morgan fingerprint density at radius 2 is 1.34 bits per heavy atom. The lowest BCUT2D eigenvalue weighted by atomic mass is 9.97. The van der Waals surface area contributed by atoms with Gasteiger partial charge in [0.05, 0.1) is 12.7 Å². The van der Waals surface area contributed by atoms with Crippen LogP contribution in [0.1, 0.15) is 12.5 Å². The third-order valence-electron chi connectivity index (χ3n) is 10.9. The van der Waals surface area contributed by atoms with Gasteiger partial charge in [0.1, 0.15) is 95.9 Å². The highest BCUT2D eigenvalue weighted by Gasteiger charge is 2.51. The number of fused-ring (bicyclic) bond motifs is 1. The van der Waals surface area contributed by atoms with Crippen LogP contribution in [-0.4, -0.2) is 178 Å². The van der Waals surface area contributed by atoms with E-state index in [-0.39, 0.29) is 34.2 Å². The number of phenols is 4. The molecule has 0 spiro atoms. The Bertz CT molecular complexity index is 2400. The fourth-order valence-corrected chi connectivity index (χ4v) is 7.24. The first-order valence-electron chi connectivity index (χ1n) is 19.9. The van der Waals surface area contributed by atoms with Crippen LogP contribution in [-0.2, 0) is 28.5 Å². The Morgan fingerprint density at radius 3 is 2.02 bits per heavy atom. The normalized spacial score (nSPS) is 32.9. The van der Waals surface area contributed by atoms with Crippen molar-refractivity contribution >= 4 is 23.0 Å². The van der Waals surface area contributed by atoms with Gasteiger partial charge in [-0.3, -0.25) is 4.79 Å². The van der Waals surface area contributed by atoms with Gasteiger partial charge in [0.2, 0.25) is 23.8 Å². The van der Waals surface area contributed by atoms with E-state index in [0.717, 1.165) is 18.2 Å². The van der Waals surface area contributed by atoms with Crippen LogP contribution in [0.3, 0.4) is 0 Å². The lowest BCUT2D eigenvalue weighted by Gasteiger charge is -2.45. The summed E-state index contributed by atoms with van der Waals surface area (Å²) in [5, 5.41) is 135. The first-order chi connectivity index (χ1) is 30.9. The maximum Gasteiger partial charge on any atom is 0.330 e. The molecule has 352 valence electrons. The van der Waals surface area contributed by atoms with Crippen LogP contribution in [0.5, 0.6) is 34.5 Å². The molecule has 3 aromatic carbocycles. The molecule has 3 saturated heterocycles. The van der Waals surface area contributed by atoms with Crippen LogP contribution in [0.2, 0.25) is 0 Å². The lowest BCUT2D eigenvalue weighted by Crippen LogP contribution is -2.64. The summed E-state index contributed by atoms with van der Waals surface area (Å²) < 4.78 is 45.6. The Kier molecular flexibility index (Phi) is 14.2. The Balaban J connectivity index is 1.14. The van der Waals surface area contributed by atoms with Crippen molar-refractivity contribution in [3.05, 3.63) is 76.5 Å². The van der Waals surface area contributed by atoms with E-state index >= 15 is 0 Å². The molecule has 4 aromatic rings. The molecule has 3 fully saturated rings. The van der Waals surface area contributed by atoms with Crippen molar-refractivity contribution in [2.75, 3.05) is 13.2 Å². The van der Waals surface area contributed by atoms with Gasteiger partial charge in [-0.2, -0.15) is 0 Å². The summed E-state index contributed by atoms with van der Waals surface area (Å²) in [6.45, 7) is -0.153. The van der Waals surface area contributed by atoms with E-state index in [1.165, 1.54) is 55.5 Å². The predicted molar refractivity (Wildman–Crippen MR) is 214 cm³/mol. The maximum absolute atomic E-state index is 14.1. The number of esters is 1. The number of aromatic hydroxyl groups is 4. The van der Waals surface area contributed by atoms with Gasteiger partial charge in [-0.15, -0.1) is 0 Å². The molecule has 7 rings (SSSR count). The topological polar surface area (TPSA) is 375 Å². The number of phenolic OH excluding ortho intramolecular Hbond substituents is 4. The molecular formula is C42H46O23. The fraction of sp³-hybridized carbons (Fsp3) is 0.429. The zero-order valence-corrected chi connectivity index (χ0v) is 33.8. The molecule has 0 bridgehead atoms. The zero-order chi connectivity index (χ0) is 47.0. The average molecular weight is 919 g/mol. The fourth-order valence-electron chi connectivity index (χ4n) is 7.24. The Hall–Kier alpha value is -5.64. The van der Waals surface area contributed by atoms with Gasteiger partial charge in [-0.1, -0.05) is 6.07 Å². The Morgan fingerprint density at radius 1 is 0.677 bits per heavy atom. The van der Waals surface area contributed by atoms with Gasteiger partial charge in [-0.05, 0) is 55.0 Å². The third kappa shape index (κ3) is 9.83. The number of aliphatic hydroxyl groups excluding tert-OH is 9. The van der Waals surface area contributed by atoms with E-state index < -0.39 is 139 Å². The number of benzene rings is 3. The SMILES string of the molecule is CC1OC(Oc2cc(O)c3c(=O)c(OC4OC(CO)C(O)C(O)C4O)c(-c4ccc(O)cc4)oc3c2)C(OC2OC(COC(=O)C=Cc3ccc(O)c(O)c3)C(O)C(O)C2O)C(O)C1O. The second-order valence-electron chi connectivity index (χ2n) is 15.4. The van der Waals surface area contributed by atoms with Crippen LogP contribution < -0.4 is 14.9 Å². The molecule has 15 unspecified atom stereocenters. The van der Waals surface area contributed by atoms with Gasteiger partial charge in [0.15, 0.2) is 29.7 Å². The van der Waals surface area contributed by atoms with Crippen molar-refractivity contribution < 1.29 is 109 Å². The molecule has 23 heteroatoms. The minimum absolute atomic E-state index is 0.0975. The Labute approximate surface area is 365 Å². The van der Waals surface area contributed by atoms with Crippen molar-refractivity contribution in [3.8, 4) is 45.8 Å². The summed E-state index contributed by atoms with van der Waals surface area (Å²) in [6, 6.07) is 10.9. The second kappa shape index (κ2) is 19.4.